The van der Waals surface area contributed by atoms with Crippen LogP contribution < -0.4 is 10.6 Å². The molecule has 6 heteroatoms. The number of hydrogen-bond donors (Lipinski definition) is 2. The summed E-state index contributed by atoms with van der Waals surface area (Å²) in [4.78, 5) is 26.6. The average molecular weight is 370 g/mol. The van der Waals surface area contributed by atoms with E-state index in [1.807, 2.05) is 26.2 Å². The zero-order valence-corrected chi connectivity index (χ0v) is 15.2. The summed E-state index contributed by atoms with van der Waals surface area (Å²) in [5.74, 6) is -0.588. The number of carbonyl (C=O) groups excluding carboxylic acids is 2. The van der Waals surface area contributed by atoms with E-state index in [1.165, 1.54) is 0 Å². The lowest BCUT2D eigenvalue weighted by molar-refractivity contribution is -0.138. The van der Waals surface area contributed by atoms with Crippen LogP contribution in [0.15, 0.2) is 28.7 Å². The molecule has 0 aliphatic heterocycles. The summed E-state index contributed by atoms with van der Waals surface area (Å²) in [5.41, 5.74) is -0.465. The fourth-order valence-electron chi connectivity index (χ4n) is 1.77. The van der Waals surface area contributed by atoms with Gasteiger partial charge < -0.3 is 15.5 Å². The van der Waals surface area contributed by atoms with Crippen molar-refractivity contribution in [3.05, 3.63) is 28.7 Å². The Bertz CT molecular complexity index is 530. The van der Waals surface area contributed by atoms with Crippen LogP contribution in [0.25, 0.3) is 0 Å². The summed E-state index contributed by atoms with van der Waals surface area (Å²) in [6.45, 7) is 4.71. The highest BCUT2D eigenvalue weighted by Gasteiger charge is 2.35. The molecule has 22 heavy (non-hydrogen) atoms. The number of rotatable bonds is 7. The Kier molecular flexibility index (Phi) is 7.03. The van der Waals surface area contributed by atoms with E-state index < -0.39 is 5.41 Å². The molecule has 0 aliphatic rings. The van der Waals surface area contributed by atoms with E-state index in [-0.39, 0.29) is 11.8 Å². The summed E-state index contributed by atoms with van der Waals surface area (Å²) >= 11 is 3.35. The summed E-state index contributed by atoms with van der Waals surface area (Å²) in [6.07, 6.45) is 0.849. The first kappa shape index (κ1) is 18.6. The molecule has 0 unspecified atom stereocenters. The zero-order valence-electron chi connectivity index (χ0n) is 13.6. The second kappa shape index (κ2) is 8.29. The molecular weight excluding hydrogens is 346 g/mol. The Morgan fingerprint density at radius 3 is 2.50 bits per heavy atom. The Balaban J connectivity index is 2.56. The monoisotopic (exact) mass is 369 g/mol. The van der Waals surface area contributed by atoms with Gasteiger partial charge >= 0.3 is 0 Å². The molecule has 0 atom stereocenters. The van der Waals surface area contributed by atoms with Crippen molar-refractivity contribution in [1.29, 1.82) is 0 Å². The van der Waals surface area contributed by atoms with Crippen molar-refractivity contribution >= 4 is 33.4 Å². The Morgan fingerprint density at radius 1 is 1.23 bits per heavy atom. The van der Waals surface area contributed by atoms with Gasteiger partial charge in [-0.25, -0.2) is 0 Å². The molecule has 2 amide bonds. The molecule has 1 aromatic rings. The lowest BCUT2D eigenvalue weighted by atomic mass is 9.91. The molecule has 0 bridgehead atoms. The van der Waals surface area contributed by atoms with Crippen LogP contribution >= 0.6 is 15.9 Å². The zero-order chi connectivity index (χ0) is 16.8. The molecule has 1 rings (SSSR count). The van der Waals surface area contributed by atoms with Crippen molar-refractivity contribution in [3.8, 4) is 0 Å². The SMILES string of the molecule is CN(C)CCCNC(=O)C(C)(C)C(=O)Nc1cccc(Br)c1. The van der Waals surface area contributed by atoms with Gasteiger partial charge in [0.25, 0.3) is 0 Å². The quantitative estimate of drug-likeness (QED) is 0.573. The normalized spacial score (nSPS) is 11.4. The maximum Gasteiger partial charge on any atom is 0.239 e. The first-order chi connectivity index (χ1) is 10.2. The number of benzene rings is 1. The van der Waals surface area contributed by atoms with Crippen LogP contribution in [-0.2, 0) is 9.59 Å². The third kappa shape index (κ3) is 5.77. The third-order valence-electron chi connectivity index (χ3n) is 3.29. The van der Waals surface area contributed by atoms with Crippen molar-refractivity contribution in [2.45, 2.75) is 20.3 Å². The number of anilines is 1. The van der Waals surface area contributed by atoms with Crippen LogP contribution in [0.4, 0.5) is 5.69 Å². The standard InChI is InChI=1S/C16H24BrN3O2/c1-16(2,14(21)18-9-6-10-20(3)4)15(22)19-13-8-5-7-12(17)11-13/h5,7-8,11H,6,9-10H2,1-4H3,(H,18,21)(H,19,22). The molecule has 122 valence electrons. The first-order valence-electron chi connectivity index (χ1n) is 7.23. The van der Waals surface area contributed by atoms with E-state index in [2.05, 4.69) is 31.5 Å². The van der Waals surface area contributed by atoms with Gasteiger partial charge in [0, 0.05) is 16.7 Å². The number of amides is 2. The Labute approximate surface area is 140 Å². The molecule has 0 saturated heterocycles. The molecule has 0 heterocycles. The highest BCUT2D eigenvalue weighted by atomic mass is 79.9. The van der Waals surface area contributed by atoms with Gasteiger partial charge in [0.2, 0.25) is 11.8 Å². The van der Waals surface area contributed by atoms with Crippen LogP contribution in [0.2, 0.25) is 0 Å². The number of halogens is 1. The van der Waals surface area contributed by atoms with Gasteiger partial charge in [-0.15, -0.1) is 0 Å². The molecule has 2 N–H and O–H groups in total. The minimum Gasteiger partial charge on any atom is -0.355 e. The van der Waals surface area contributed by atoms with Gasteiger partial charge in [-0.2, -0.15) is 0 Å². The van der Waals surface area contributed by atoms with Gasteiger partial charge in [0.05, 0.1) is 0 Å². The molecule has 0 aliphatic carbocycles. The van der Waals surface area contributed by atoms with E-state index in [0.717, 1.165) is 17.4 Å². The predicted molar refractivity (Wildman–Crippen MR) is 92.7 cm³/mol. The molecule has 0 radical (unpaired) electrons. The van der Waals surface area contributed by atoms with Crippen LogP contribution in [0, 0.1) is 5.41 Å². The van der Waals surface area contributed by atoms with Crippen LogP contribution in [0.5, 0.6) is 0 Å². The number of nitrogens with zero attached hydrogens (tertiary/aromatic N) is 1. The summed E-state index contributed by atoms with van der Waals surface area (Å²) in [7, 11) is 3.97. The molecule has 0 spiro atoms. The van der Waals surface area contributed by atoms with Crippen molar-refractivity contribution in [2.75, 3.05) is 32.5 Å². The Hall–Kier alpha value is -1.40. The number of nitrogens with one attached hydrogen (secondary N) is 2. The first-order valence-corrected chi connectivity index (χ1v) is 8.03. The summed E-state index contributed by atoms with van der Waals surface area (Å²) < 4.78 is 0.872. The molecule has 0 fully saturated rings. The van der Waals surface area contributed by atoms with E-state index in [1.54, 1.807) is 26.0 Å². The highest BCUT2D eigenvalue weighted by molar-refractivity contribution is 9.10. The number of carbonyl (C=O) groups is 2. The van der Waals surface area contributed by atoms with Crippen LogP contribution in [-0.4, -0.2) is 43.9 Å². The topological polar surface area (TPSA) is 61.4 Å². The van der Waals surface area contributed by atoms with E-state index >= 15 is 0 Å². The molecule has 0 saturated carbocycles. The second-order valence-electron chi connectivity index (χ2n) is 6.00. The largest absolute Gasteiger partial charge is 0.355 e. The lowest BCUT2D eigenvalue weighted by Gasteiger charge is -2.23. The van der Waals surface area contributed by atoms with Crippen molar-refractivity contribution in [2.24, 2.45) is 5.41 Å². The molecule has 0 aromatic heterocycles. The van der Waals surface area contributed by atoms with Crippen molar-refractivity contribution < 1.29 is 9.59 Å². The maximum absolute atomic E-state index is 12.3. The fraction of sp³-hybridized carbons (Fsp3) is 0.500. The fourth-order valence-corrected chi connectivity index (χ4v) is 2.17. The minimum absolute atomic E-state index is 0.265. The van der Waals surface area contributed by atoms with Crippen molar-refractivity contribution in [1.82, 2.24) is 10.2 Å². The predicted octanol–water partition coefficient (Wildman–Crippen LogP) is 2.48. The van der Waals surface area contributed by atoms with Crippen LogP contribution in [0.3, 0.4) is 0 Å². The molecule has 5 nitrogen and oxygen atoms in total. The lowest BCUT2D eigenvalue weighted by Crippen LogP contribution is -2.45. The average Bonchev–Trinajstić information content (AvgIpc) is 2.43. The van der Waals surface area contributed by atoms with Crippen LogP contribution in [0.1, 0.15) is 20.3 Å². The highest BCUT2D eigenvalue weighted by Crippen LogP contribution is 2.21. The van der Waals surface area contributed by atoms with Crippen molar-refractivity contribution in [3.63, 3.8) is 0 Å². The number of hydrogen-bond acceptors (Lipinski definition) is 3. The van der Waals surface area contributed by atoms with E-state index in [4.69, 9.17) is 0 Å². The van der Waals surface area contributed by atoms with Gasteiger partial charge in [0.1, 0.15) is 5.41 Å². The minimum atomic E-state index is -1.12. The summed E-state index contributed by atoms with van der Waals surface area (Å²) in [6, 6.07) is 7.28. The Morgan fingerprint density at radius 2 is 1.91 bits per heavy atom. The summed E-state index contributed by atoms with van der Waals surface area (Å²) in [5, 5.41) is 5.60. The molecule has 1 aromatic carbocycles. The van der Waals surface area contributed by atoms with E-state index in [9.17, 15) is 9.59 Å². The smallest absolute Gasteiger partial charge is 0.239 e. The van der Waals surface area contributed by atoms with Gasteiger partial charge in [0.15, 0.2) is 0 Å². The third-order valence-corrected chi connectivity index (χ3v) is 3.78. The van der Waals surface area contributed by atoms with Gasteiger partial charge in [-0.1, -0.05) is 22.0 Å². The van der Waals surface area contributed by atoms with Gasteiger partial charge in [-0.05, 0) is 59.1 Å². The second-order valence-corrected chi connectivity index (χ2v) is 6.92. The maximum atomic E-state index is 12.3. The van der Waals surface area contributed by atoms with E-state index in [0.29, 0.717) is 12.2 Å². The van der Waals surface area contributed by atoms with Gasteiger partial charge in [-0.3, -0.25) is 9.59 Å². The molecular formula is C16H24BrN3O2.